The number of carboxylic acid groups (broad SMARTS) is 1. The van der Waals surface area contributed by atoms with Gasteiger partial charge in [0.15, 0.2) is 80.5 Å². The number of hydrogen-bond acceptors (Lipinski definition) is 24. The van der Waals surface area contributed by atoms with Crippen molar-refractivity contribution >= 4 is 68.5 Å². The lowest BCUT2D eigenvalue weighted by atomic mass is 9.98. The number of hydrogen-bond donors (Lipinski definition) is 8. The highest BCUT2D eigenvalue weighted by molar-refractivity contribution is 5.98. The van der Waals surface area contributed by atoms with E-state index >= 15 is 0 Å². The molecule has 17 rings (SSSR count). The number of aromatic amines is 3. The van der Waals surface area contributed by atoms with Crippen LogP contribution >= 0.6 is 0 Å². The summed E-state index contributed by atoms with van der Waals surface area (Å²) >= 11 is 0. The van der Waals surface area contributed by atoms with E-state index in [1.807, 2.05) is 107 Å². The molecule has 42 heteroatoms. The number of amides is 5. The fraction of sp³-hybridized carbons (Fsp3) is 0.340. The molecular formula is C97H103F6N23O13. The number of ether oxygens (including phenoxy) is 2. The summed E-state index contributed by atoms with van der Waals surface area (Å²) < 4.78 is 102. The Morgan fingerprint density at radius 3 is 1.27 bits per heavy atom. The van der Waals surface area contributed by atoms with Gasteiger partial charge < -0.3 is 64.5 Å². The van der Waals surface area contributed by atoms with Gasteiger partial charge in [0.05, 0.1) is 83.4 Å². The van der Waals surface area contributed by atoms with Crippen molar-refractivity contribution in [3.8, 4) is 51.8 Å². The highest BCUT2D eigenvalue weighted by atomic mass is 19.1. The lowest BCUT2D eigenvalue weighted by molar-refractivity contribution is -0.141. The maximum atomic E-state index is 14.9. The van der Waals surface area contributed by atoms with E-state index in [0.717, 1.165) is 42.1 Å². The quantitative estimate of drug-likeness (QED) is 0.0202. The number of nitrogens with one attached hydrogen (secondary N) is 5. The summed E-state index contributed by atoms with van der Waals surface area (Å²) in [7, 11) is 0. The molecule has 0 aliphatic carbocycles. The molecule has 0 spiro atoms. The second-order valence-electron chi connectivity index (χ2n) is 33.7. The van der Waals surface area contributed by atoms with Crippen molar-refractivity contribution in [1.29, 1.82) is 0 Å². The predicted octanol–water partition coefficient (Wildman–Crippen LogP) is 11.8. The number of rotatable bonds is 29. The van der Waals surface area contributed by atoms with E-state index in [1.54, 1.807) is 44.6 Å². The number of nitrogens with two attached hydrogens (primary N) is 1. The van der Waals surface area contributed by atoms with Crippen LogP contribution in [0.25, 0.3) is 67.5 Å². The third-order valence-corrected chi connectivity index (χ3v) is 23.9. The third kappa shape index (κ3) is 22.5. The van der Waals surface area contributed by atoms with Crippen molar-refractivity contribution in [3.63, 3.8) is 0 Å². The zero-order valence-corrected chi connectivity index (χ0v) is 76.6. The fourth-order valence-corrected chi connectivity index (χ4v) is 16.3. The molecule has 139 heavy (non-hydrogen) atoms. The number of aromatic nitrogens is 17. The predicted molar refractivity (Wildman–Crippen MR) is 499 cm³/mol. The molecule has 726 valence electrons. The van der Waals surface area contributed by atoms with Crippen molar-refractivity contribution in [2.45, 2.75) is 179 Å². The van der Waals surface area contributed by atoms with Crippen LogP contribution in [0.2, 0.25) is 0 Å². The Bertz CT molecular complexity index is 7120. The van der Waals surface area contributed by atoms with Gasteiger partial charge in [-0.15, -0.1) is 0 Å². The Hall–Kier alpha value is -15.8. The molecule has 5 amide bonds. The highest BCUT2D eigenvalue weighted by Gasteiger charge is 2.37. The first-order chi connectivity index (χ1) is 66.2. The number of H-pyrrole nitrogens is 3. The van der Waals surface area contributed by atoms with E-state index in [0.29, 0.717) is 103 Å². The van der Waals surface area contributed by atoms with Gasteiger partial charge in [-0.3, -0.25) is 58.4 Å². The minimum absolute atomic E-state index is 0. The topological polar surface area (TPSA) is 476 Å². The van der Waals surface area contributed by atoms with Gasteiger partial charge in [-0.05, 0) is 102 Å². The number of pyridine rings is 5. The molecule has 0 saturated carbocycles. The first-order valence-electron chi connectivity index (χ1n) is 44.7. The number of nitrogens with zero attached hydrogens (tertiary/aromatic N) is 17. The van der Waals surface area contributed by atoms with Crippen LogP contribution in [0, 0.1) is 52.7 Å². The Kier molecular flexibility index (Phi) is 32.1. The van der Waals surface area contributed by atoms with E-state index in [-0.39, 0.29) is 187 Å². The summed E-state index contributed by atoms with van der Waals surface area (Å²) in [6, 6.07) is 29.4. The van der Waals surface area contributed by atoms with Crippen LogP contribution in [0.1, 0.15) is 166 Å². The van der Waals surface area contributed by atoms with Gasteiger partial charge in [0.2, 0.25) is 28.1 Å². The minimum atomic E-state index is -1.01. The van der Waals surface area contributed by atoms with Gasteiger partial charge in [0.25, 0.3) is 17.7 Å². The second kappa shape index (κ2) is 44.4. The molecule has 9 N–H and O–H groups in total. The van der Waals surface area contributed by atoms with Crippen LogP contribution in [0.5, 0.6) is 17.2 Å². The summed E-state index contributed by atoms with van der Waals surface area (Å²) in [4.78, 5) is 153. The van der Waals surface area contributed by atoms with Crippen LogP contribution in [-0.4, -0.2) is 182 Å². The molecule has 36 nitrogen and oxygen atoms in total. The molecule has 14 aromatic rings. The van der Waals surface area contributed by atoms with Gasteiger partial charge in [-0.2, -0.15) is 15.3 Å². The number of carbonyl (C=O) groups is 6. The number of halogens is 6. The van der Waals surface area contributed by atoms with Gasteiger partial charge in [0, 0.05) is 136 Å². The summed E-state index contributed by atoms with van der Waals surface area (Å²) in [5.74, 6) is -8.84. The van der Waals surface area contributed by atoms with Gasteiger partial charge in [-0.25, -0.2) is 66.2 Å². The van der Waals surface area contributed by atoms with Gasteiger partial charge >= 0.3 is 5.97 Å². The molecule has 14 heterocycles. The van der Waals surface area contributed by atoms with Gasteiger partial charge in [-0.1, -0.05) is 88.9 Å². The molecule has 3 unspecified atom stereocenters. The van der Waals surface area contributed by atoms with Crippen LogP contribution in [0.15, 0.2) is 155 Å². The molecule has 3 atom stereocenters. The summed E-state index contributed by atoms with van der Waals surface area (Å²) in [5.41, 5.74) is 9.79. The molecule has 3 aliphatic heterocycles. The number of benzene rings is 3. The second-order valence-corrected chi connectivity index (χ2v) is 33.7. The molecule has 0 fully saturated rings. The molecule has 3 aliphatic rings. The molecule has 3 aromatic carbocycles. The molecular weight excluding hydrogens is 1810 g/mol. The minimum Gasteiger partial charge on any atom is -0.503 e. The summed E-state index contributed by atoms with van der Waals surface area (Å²) in [6.07, 6.45) is 5.92. The first-order valence-corrected chi connectivity index (χ1v) is 44.7. The fourth-order valence-electron chi connectivity index (χ4n) is 16.3. The first kappa shape index (κ1) is 101. The van der Waals surface area contributed by atoms with Crippen molar-refractivity contribution in [2.75, 3.05) is 19.6 Å². The van der Waals surface area contributed by atoms with E-state index < -0.39 is 87.0 Å². The largest absolute Gasteiger partial charge is 0.503 e. The average molecular weight is 1910 g/mol. The standard InChI is InChI=1S/C34H34F2N8O4.C27H28F2N8O4.C19H23N3O3.C16H14F2N4O2.CH4/c1-4-21(12-26-25(36)17-38-32(40-26)28-24-13-22(35)15-37-31(24)42-41-28)33(46)39-16-23-14-27(45)30(48-18-20-8-6-5-7-9-20)29-34(47)43(19(2)3)10-11-44(23)29;1-4-14(7-19-18(29)12-31-25(33-19)21-17-8-15(28)10-30-24(17)35-34-21)26(40)32-11-16-9-20(38)23(39)22-27(41)36(13(2)3)5-6-37(16)22;1-13(2)21-8-9-22-15(11-20)10-16(23)18(17(22)19(21)24)25-12-14-6-4-3-5-7-14;1-2-8(16(23)24)5-13-11(18)7-19-15(20-13)14-10-6-9(17)3-4-12(10)21-22-14;/h5-9,13-15,17,19,21H,4,10-12,16,18H2,1-3H3,(H,39,46)(H,37,41,42);8-10,12-14,39H,4-7,11H2,1-3H3,(H,32,40)(H,30,34,35);3-7,10,13H,8-9,11-12,20H2,1-2H3;3-4,6-8H,2,5H2,1H3,(H,21,22)(H,23,24);1H4. The molecule has 0 radical (unpaired) electrons. The van der Waals surface area contributed by atoms with E-state index in [1.165, 1.54) is 48.5 Å². The molecule has 11 aromatic heterocycles. The highest BCUT2D eigenvalue weighted by Crippen LogP contribution is 2.33. The van der Waals surface area contributed by atoms with Gasteiger partial charge in [0.1, 0.15) is 47.7 Å². The van der Waals surface area contributed by atoms with Crippen LogP contribution in [-0.2, 0) is 86.1 Å². The van der Waals surface area contributed by atoms with Crippen molar-refractivity contribution in [1.82, 2.24) is 109 Å². The monoisotopic (exact) mass is 1910 g/mol. The summed E-state index contributed by atoms with van der Waals surface area (Å²) in [5, 5.41) is 46.5. The number of aromatic hydroxyl groups is 1. The maximum absolute atomic E-state index is 14.9. The van der Waals surface area contributed by atoms with Crippen molar-refractivity contribution in [2.24, 2.45) is 23.5 Å². The van der Waals surface area contributed by atoms with E-state index in [9.17, 15) is 74.6 Å². The van der Waals surface area contributed by atoms with E-state index in [2.05, 4.69) is 81.1 Å². The van der Waals surface area contributed by atoms with Crippen LogP contribution in [0.3, 0.4) is 0 Å². The lowest BCUT2D eigenvalue weighted by Gasteiger charge is -2.35. The van der Waals surface area contributed by atoms with Crippen LogP contribution < -0.4 is 42.1 Å². The van der Waals surface area contributed by atoms with Crippen molar-refractivity contribution in [3.05, 3.63) is 268 Å². The smallest absolute Gasteiger partial charge is 0.306 e. The van der Waals surface area contributed by atoms with Crippen molar-refractivity contribution < 1.29 is 74.8 Å². The number of carboxylic acids is 1. The average Bonchev–Trinajstić information content (AvgIpc) is 1.69. The lowest BCUT2D eigenvalue weighted by Crippen LogP contribution is -2.46. The van der Waals surface area contributed by atoms with Crippen LogP contribution in [0.4, 0.5) is 26.3 Å². The van der Waals surface area contributed by atoms with E-state index in [4.69, 9.17) is 20.3 Å². The summed E-state index contributed by atoms with van der Waals surface area (Å²) in [6.45, 7) is 19.9. The Morgan fingerprint density at radius 2 is 0.842 bits per heavy atom. The SMILES string of the molecule is C.CC(C)N1CCn2c(CN)cc(=O)c(OCc3ccccc3)c2C1=O.CCC(Cc1nc(-c2[nH]nc3ncc(F)cc23)ncc1F)C(=O)NCc1cc(=O)c(O)c2n1CCN(C(C)C)C2=O.CCC(Cc1nc(-c2[nH]nc3ncc(F)cc23)ncc1F)C(=O)NCc1cc(=O)c(OCc2ccccc2)c2n1CCN(C(C)C)C2=O.CCC(Cc1nc(-c2n[nH]c3ccc(F)cc23)ncc1F)C(=O)O. The normalized spacial score (nSPS) is 13.5. The zero-order valence-electron chi connectivity index (χ0n) is 76.6. The number of aliphatic carboxylic acids is 1. The molecule has 0 saturated heterocycles. The maximum Gasteiger partial charge on any atom is 0.306 e. The Labute approximate surface area is 791 Å². The molecule has 0 bridgehead atoms. The number of fused-ring (bicyclic) bond motifs is 6. The Morgan fingerprint density at radius 1 is 0.453 bits per heavy atom. The third-order valence-electron chi connectivity index (χ3n) is 23.9. The zero-order chi connectivity index (χ0) is 98.6. The number of carbonyl (C=O) groups excluding carboxylic acids is 5. The Balaban J connectivity index is 0.000000162.